The quantitative estimate of drug-likeness (QED) is 0.906. The summed E-state index contributed by atoms with van der Waals surface area (Å²) in [6.07, 6.45) is 5.84. The molecule has 5 nitrogen and oxygen atoms in total. The number of aromatic nitrogens is 2. The van der Waals surface area contributed by atoms with Gasteiger partial charge in [0, 0.05) is 30.0 Å². The van der Waals surface area contributed by atoms with Gasteiger partial charge in [-0.25, -0.2) is 4.98 Å². The molecule has 2 aromatic heterocycles. The Balaban J connectivity index is 1.81. The van der Waals surface area contributed by atoms with Crippen molar-refractivity contribution in [2.75, 3.05) is 23.3 Å². The van der Waals surface area contributed by atoms with E-state index in [9.17, 15) is 4.79 Å². The van der Waals surface area contributed by atoms with Gasteiger partial charge in [0.1, 0.15) is 5.69 Å². The highest BCUT2D eigenvalue weighted by atomic mass is 79.9. The van der Waals surface area contributed by atoms with Crippen molar-refractivity contribution in [1.29, 1.82) is 0 Å². The lowest BCUT2D eigenvalue weighted by Gasteiger charge is -2.19. The summed E-state index contributed by atoms with van der Waals surface area (Å²) in [4.78, 5) is 21.7. The summed E-state index contributed by atoms with van der Waals surface area (Å²) >= 11 is 3.32. The van der Waals surface area contributed by atoms with Crippen LogP contribution in [0, 0.1) is 0 Å². The van der Waals surface area contributed by atoms with Gasteiger partial charge in [-0.3, -0.25) is 4.79 Å². The number of nitrogens with zero attached hydrogens (tertiary/aromatic N) is 2. The fraction of sp³-hybridized carbons (Fsp3) is 0.286. The molecule has 0 aromatic carbocycles. The lowest BCUT2D eigenvalue weighted by molar-refractivity contribution is 0.102. The monoisotopic (exact) mass is 334 g/mol. The first-order chi connectivity index (χ1) is 9.74. The number of H-pyrrole nitrogens is 1. The lowest BCUT2D eigenvalue weighted by Crippen LogP contribution is -2.22. The summed E-state index contributed by atoms with van der Waals surface area (Å²) in [6, 6.07) is 5.47. The van der Waals surface area contributed by atoms with Gasteiger partial charge in [0.05, 0.1) is 5.69 Å². The van der Waals surface area contributed by atoms with Gasteiger partial charge in [0.25, 0.3) is 5.91 Å². The van der Waals surface area contributed by atoms with Gasteiger partial charge in [-0.2, -0.15) is 0 Å². The summed E-state index contributed by atoms with van der Waals surface area (Å²) in [6.45, 7) is 1.99. The van der Waals surface area contributed by atoms with Gasteiger partial charge in [-0.15, -0.1) is 0 Å². The van der Waals surface area contributed by atoms with Crippen LogP contribution in [0.4, 0.5) is 11.5 Å². The first-order valence-corrected chi connectivity index (χ1v) is 7.38. The molecule has 0 bridgehead atoms. The number of hydrogen-bond acceptors (Lipinski definition) is 3. The standard InChI is InChI=1S/C14H15BrN4O/c15-10-8-12(17-9-10)14(20)18-11-4-3-5-16-13(11)19-6-1-2-7-19/h3-5,8-9,17H,1-2,6-7H2,(H,18,20). The molecule has 2 aromatic rings. The second kappa shape index (κ2) is 5.66. The van der Waals surface area contributed by atoms with Crippen molar-refractivity contribution in [3.63, 3.8) is 0 Å². The van der Waals surface area contributed by atoms with Crippen molar-refractivity contribution in [2.24, 2.45) is 0 Å². The molecule has 0 saturated carbocycles. The minimum absolute atomic E-state index is 0.163. The molecule has 0 atom stereocenters. The van der Waals surface area contributed by atoms with E-state index in [1.165, 1.54) is 12.8 Å². The molecule has 1 aliphatic rings. The zero-order valence-electron chi connectivity index (χ0n) is 10.9. The van der Waals surface area contributed by atoms with Gasteiger partial charge in [0.15, 0.2) is 5.82 Å². The normalized spacial score (nSPS) is 14.6. The van der Waals surface area contributed by atoms with Crippen LogP contribution in [0.3, 0.4) is 0 Å². The second-order valence-electron chi connectivity index (χ2n) is 4.75. The van der Waals surface area contributed by atoms with Crippen LogP contribution in [0.15, 0.2) is 35.1 Å². The molecule has 1 amide bonds. The summed E-state index contributed by atoms with van der Waals surface area (Å²) in [7, 11) is 0. The Labute approximate surface area is 125 Å². The zero-order chi connectivity index (χ0) is 13.9. The van der Waals surface area contributed by atoms with E-state index in [2.05, 4.69) is 36.1 Å². The van der Waals surface area contributed by atoms with E-state index in [1.54, 1.807) is 18.5 Å². The average Bonchev–Trinajstić information content (AvgIpc) is 3.10. The van der Waals surface area contributed by atoms with Gasteiger partial charge in [0.2, 0.25) is 0 Å². The molecule has 3 heterocycles. The number of carbonyl (C=O) groups is 1. The molecule has 0 aliphatic carbocycles. The van der Waals surface area contributed by atoms with Gasteiger partial charge in [-0.1, -0.05) is 0 Å². The maximum Gasteiger partial charge on any atom is 0.272 e. The smallest absolute Gasteiger partial charge is 0.272 e. The number of nitrogens with one attached hydrogen (secondary N) is 2. The number of anilines is 2. The molecule has 6 heteroatoms. The summed E-state index contributed by atoms with van der Waals surface area (Å²) in [5.41, 5.74) is 1.28. The fourth-order valence-electron chi connectivity index (χ4n) is 2.36. The highest BCUT2D eigenvalue weighted by molar-refractivity contribution is 9.10. The van der Waals surface area contributed by atoms with E-state index in [0.29, 0.717) is 5.69 Å². The van der Waals surface area contributed by atoms with Crippen LogP contribution >= 0.6 is 15.9 Å². The van der Waals surface area contributed by atoms with Crippen molar-refractivity contribution < 1.29 is 4.79 Å². The predicted molar refractivity (Wildman–Crippen MR) is 82.1 cm³/mol. The van der Waals surface area contributed by atoms with Crippen molar-refractivity contribution in [3.05, 3.63) is 40.8 Å². The molecule has 1 fully saturated rings. The molecule has 0 spiro atoms. The first-order valence-electron chi connectivity index (χ1n) is 6.59. The average molecular weight is 335 g/mol. The maximum absolute atomic E-state index is 12.2. The van der Waals surface area contributed by atoms with Crippen molar-refractivity contribution >= 4 is 33.3 Å². The highest BCUT2D eigenvalue weighted by Crippen LogP contribution is 2.26. The van der Waals surface area contributed by atoms with Crippen molar-refractivity contribution in [1.82, 2.24) is 9.97 Å². The minimum atomic E-state index is -0.163. The zero-order valence-corrected chi connectivity index (χ0v) is 12.5. The van der Waals surface area contributed by atoms with E-state index in [-0.39, 0.29) is 5.91 Å². The number of rotatable bonds is 3. The Morgan fingerprint density at radius 1 is 1.40 bits per heavy atom. The van der Waals surface area contributed by atoms with E-state index >= 15 is 0 Å². The Bertz CT molecular complexity index is 619. The van der Waals surface area contributed by atoms with E-state index in [0.717, 1.165) is 29.1 Å². The number of aromatic amines is 1. The molecule has 1 aliphatic heterocycles. The van der Waals surface area contributed by atoms with Crippen LogP contribution in [0.25, 0.3) is 0 Å². The number of hydrogen-bond donors (Lipinski definition) is 2. The number of halogens is 1. The minimum Gasteiger partial charge on any atom is -0.356 e. The van der Waals surface area contributed by atoms with Gasteiger partial charge < -0.3 is 15.2 Å². The number of pyridine rings is 1. The molecule has 104 valence electrons. The highest BCUT2D eigenvalue weighted by Gasteiger charge is 2.18. The van der Waals surface area contributed by atoms with Crippen molar-refractivity contribution in [2.45, 2.75) is 12.8 Å². The largest absolute Gasteiger partial charge is 0.356 e. The van der Waals surface area contributed by atoms with Gasteiger partial charge >= 0.3 is 0 Å². The molecule has 0 radical (unpaired) electrons. The van der Waals surface area contributed by atoms with Crippen LogP contribution in [0.2, 0.25) is 0 Å². The van der Waals surface area contributed by atoms with Gasteiger partial charge in [-0.05, 0) is 47.0 Å². The molecule has 3 rings (SSSR count). The topological polar surface area (TPSA) is 61.0 Å². The van der Waals surface area contributed by atoms with E-state index in [4.69, 9.17) is 0 Å². The molecular weight excluding hydrogens is 320 g/mol. The Morgan fingerprint density at radius 3 is 2.90 bits per heavy atom. The first kappa shape index (κ1) is 13.2. The predicted octanol–water partition coefficient (Wildman–Crippen LogP) is 3.02. The maximum atomic E-state index is 12.2. The van der Waals surface area contributed by atoms with E-state index < -0.39 is 0 Å². The summed E-state index contributed by atoms with van der Waals surface area (Å²) in [5, 5.41) is 2.92. The van der Waals surface area contributed by atoms with Crippen molar-refractivity contribution in [3.8, 4) is 0 Å². The number of amides is 1. The van der Waals surface area contributed by atoms with Crippen LogP contribution in [0.1, 0.15) is 23.3 Å². The SMILES string of the molecule is O=C(Nc1cccnc1N1CCCC1)c1cc(Br)c[nH]1. The molecule has 2 N–H and O–H groups in total. The van der Waals surface area contributed by atoms with Crippen LogP contribution in [-0.2, 0) is 0 Å². The Kier molecular flexibility index (Phi) is 3.73. The Morgan fingerprint density at radius 2 is 2.20 bits per heavy atom. The summed E-state index contributed by atoms with van der Waals surface area (Å²) < 4.78 is 0.855. The third-order valence-corrected chi connectivity index (χ3v) is 3.79. The summed E-state index contributed by atoms with van der Waals surface area (Å²) in [5.74, 6) is 0.688. The third kappa shape index (κ3) is 2.70. The van der Waals surface area contributed by atoms with E-state index in [1.807, 2.05) is 12.1 Å². The molecule has 1 saturated heterocycles. The van der Waals surface area contributed by atoms with Crippen LogP contribution in [0.5, 0.6) is 0 Å². The fourth-order valence-corrected chi connectivity index (χ4v) is 2.71. The number of carbonyl (C=O) groups excluding carboxylic acids is 1. The lowest BCUT2D eigenvalue weighted by atomic mass is 10.3. The third-order valence-electron chi connectivity index (χ3n) is 3.33. The second-order valence-corrected chi connectivity index (χ2v) is 5.67. The molecular formula is C14H15BrN4O. The van der Waals surface area contributed by atoms with Crippen LogP contribution in [-0.4, -0.2) is 29.0 Å². The Hall–Kier alpha value is -1.82. The van der Waals surface area contributed by atoms with Crippen LogP contribution < -0.4 is 10.2 Å². The molecule has 20 heavy (non-hydrogen) atoms. The molecule has 0 unspecified atom stereocenters.